The number of imide groups is 1. The highest BCUT2D eigenvalue weighted by Gasteiger charge is 2.38. The van der Waals surface area contributed by atoms with Gasteiger partial charge in [-0.1, -0.05) is 13.8 Å². The van der Waals surface area contributed by atoms with E-state index >= 15 is 4.39 Å². The SMILES string of the molecule is CCN(CC)CCNC(=O)c1ccc(Nc2cc(NC3CC3)n3ncc(C=C4NC(=O)NC4=O)c3n2)c(F)c1.O=C(O)C(F)(F)F. The molecule has 1 aliphatic heterocycles. The molecular weight excluding hydrogens is 618 g/mol. The molecule has 1 aliphatic carbocycles. The number of aromatic nitrogens is 3. The Balaban J connectivity index is 0.000000617. The summed E-state index contributed by atoms with van der Waals surface area (Å²) in [4.78, 5) is 51.7. The summed E-state index contributed by atoms with van der Waals surface area (Å²) >= 11 is 0. The molecule has 6 N–H and O–H groups in total. The predicted molar refractivity (Wildman–Crippen MR) is 158 cm³/mol. The molecule has 4 amide bonds. The fraction of sp³-hybridized carbons (Fsp3) is 0.357. The van der Waals surface area contributed by atoms with Gasteiger partial charge in [-0.25, -0.2) is 19.0 Å². The second-order valence-electron chi connectivity index (χ2n) is 10.2. The molecule has 1 aromatic carbocycles. The van der Waals surface area contributed by atoms with Crippen LogP contribution in [0.1, 0.15) is 42.6 Å². The first kappa shape index (κ1) is 33.6. The molecule has 1 saturated carbocycles. The Morgan fingerprint density at radius 2 is 1.85 bits per heavy atom. The zero-order valence-corrected chi connectivity index (χ0v) is 24.7. The third-order valence-electron chi connectivity index (χ3n) is 6.79. The molecule has 0 unspecified atom stereocenters. The van der Waals surface area contributed by atoms with Gasteiger partial charge in [0.1, 0.15) is 23.1 Å². The van der Waals surface area contributed by atoms with E-state index in [0.717, 1.165) is 32.5 Å². The number of urea groups is 1. The Labute approximate surface area is 259 Å². The van der Waals surface area contributed by atoms with E-state index in [4.69, 9.17) is 9.90 Å². The Hall–Kier alpha value is -5.26. The van der Waals surface area contributed by atoms with E-state index in [9.17, 15) is 27.6 Å². The van der Waals surface area contributed by atoms with Crippen molar-refractivity contribution < 1.29 is 41.8 Å². The van der Waals surface area contributed by atoms with Crippen molar-refractivity contribution in [2.75, 3.05) is 36.8 Å². The number of alkyl halides is 3. The summed E-state index contributed by atoms with van der Waals surface area (Å²) in [5.41, 5.74) is 1.32. The van der Waals surface area contributed by atoms with Gasteiger partial charge in [0.25, 0.3) is 11.8 Å². The minimum Gasteiger partial charge on any atom is -0.475 e. The number of carboxylic acid groups (broad SMARTS) is 1. The molecular formula is C28H31F4N9O5. The molecule has 5 rings (SSSR count). The average molecular weight is 650 g/mol. The molecule has 18 heteroatoms. The standard InChI is InChI=1S/C26H30FN9O3.C2HF3O2/c1-3-35(4-2)10-9-28-24(37)15-5-8-19(18(27)11-15)31-21-13-22(30-17-6-7-17)36-23(33-21)16(14-29-36)12-20-25(38)34-26(39)32-20;3-2(4,5)1(6)7/h5,8,11-14,17,30H,3-4,6-7,9-10H2,1-2H3,(H,28,37)(H,31,33)(H2,32,34,38,39);(H,6,7). The Bertz CT molecular complexity index is 1670. The number of rotatable bonds is 11. The first-order valence-corrected chi connectivity index (χ1v) is 14.2. The molecule has 2 fully saturated rings. The number of nitrogens with zero attached hydrogens (tertiary/aromatic N) is 4. The quantitative estimate of drug-likeness (QED) is 0.103. The van der Waals surface area contributed by atoms with Crippen LogP contribution >= 0.6 is 0 Å². The molecule has 246 valence electrons. The van der Waals surface area contributed by atoms with E-state index in [1.165, 1.54) is 24.4 Å². The summed E-state index contributed by atoms with van der Waals surface area (Å²) in [5, 5.41) is 25.3. The van der Waals surface area contributed by atoms with Crippen molar-refractivity contribution in [1.82, 2.24) is 35.4 Å². The smallest absolute Gasteiger partial charge is 0.475 e. The number of carbonyl (C=O) groups is 4. The molecule has 3 heterocycles. The van der Waals surface area contributed by atoms with E-state index in [1.807, 2.05) is 0 Å². The third kappa shape index (κ3) is 8.68. The predicted octanol–water partition coefficient (Wildman–Crippen LogP) is 3.07. The lowest BCUT2D eigenvalue weighted by molar-refractivity contribution is -0.192. The van der Waals surface area contributed by atoms with Crippen LogP contribution in [-0.4, -0.2) is 86.8 Å². The minimum atomic E-state index is -5.08. The zero-order chi connectivity index (χ0) is 33.6. The Kier molecular flexibility index (Phi) is 10.4. The van der Waals surface area contributed by atoms with Gasteiger partial charge in [0.05, 0.1) is 11.9 Å². The van der Waals surface area contributed by atoms with Crippen LogP contribution in [0, 0.1) is 5.82 Å². The van der Waals surface area contributed by atoms with Crippen LogP contribution in [-0.2, 0) is 9.59 Å². The van der Waals surface area contributed by atoms with Gasteiger partial charge in [0.15, 0.2) is 5.65 Å². The Morgan fingerprint density at radius 3 is 2.41 bits per heavy atom. The van der Waals surface area contributed by atoms with Gasteiger partial charge in [-0.15, -0.1) is 0 Å². The number of hydrogen-bond donors (Lipinski definition) is 6. The molecule has 2 aromatic heterocycles. The van der Waals surface area contributed by atoms with E-state index < -0.39 is 29.9 Å². The minimum absolute atomic E-state index is 0.0729. The van der Waals surface area contributed by atoms with Crippen molar-refractivity contribution in [2.24, 2.45) is 0 Å². The van der Waals surface area contributed by atoms with Gasteiger partial charge < -0.3 is 31.3 Å². The first-order chi connectivity index (χ1) is 21.8. The molecule has 3 aromatic rings. The monoisotopic (exact) mass is 649 g/mol. The van der Waals surface area contributed by atoms with E-state index in [-0.39, 0.29) is 22.9 Å². The van der Waals surface area contributed by atoms with Crippen molar-refractivity contribution in [3.8, 4) is 0 Å². The molecule has 0 spiro atoms. The molecule has 2 aliphatic rings. The molecule has 1 saturated heterocycles. The number of fused-ring (bicyclic) bond motifs is 1. The van der Waals surface area contributed by atoms with Crippen LogP contribution in [0.25, 0.3) is 11.7 Å². The molecule has 0 bridgehead atoms. The molecule has 0 radical (unpaired) electrons. The lowest BCUT2D eigenvalue weighted by atomic mass is 10.2. The van der Waals surface area contributed by atoms with E-state index in [2.05, 4.69) is 55.4 Å². The summed E-state index contributed by atoms with van der Waals surface area (Å²) < 4.78 is 48.4. The number of carbonyl (C=O) groups excluding carboxylic acids is 3. The van der Waals surface area contributed by atoms with Crippen molar-refractivity contribution in [3.05, 3.63) is 53.1 Å². The number of anilines is 3. The third-order valence-corrected chi connectivity index (χ3v) is 6.79. The summed E-state index contributed by atoms with van der Waals surface area (Å²) in [6, 6.07) is 5.64. The molecule has 14 nitrogen and oxygen atoms in total. The second-order valence-corrected chi connectivity index (χ2v) is 10.2. The van der Waals surface area contributed by atoms with E-state index in [1.54, 1.807) is 16.6 Å². The number of aliphatic carboxylic acids is 1. The van der Waals surface area contributed by atoms with Crippen molar-refractivity contribution in [3.63, 3.8) is 0 Å². The van der Waals surface area contributed by atoms with Gasteiger partial charge in [0, 0.05) is 36.3 Å². The van der Waals surface area contributed by atoms with Crippen molar-refractivity contribution >= 4 is 52.9 Å². The maximum Gasteiger partial charge on any atom is 0.490 e. The second kappa shape index (κ2) is 14.2. The highest BCUT2D eigenvalue weighted by Crippen LogP contribution is 2.29. The van der Waals surface area contributed by atoms with Gasteiger partial charge in [-0.3, -0.25) is 14.9 Å². The van der Waals surface area contributed by atoms with Crippen molar-refractivity contribution in [1.29, 1.82) is 0 Å². The number of hydrogen-bond acceptors (Lipinski definition) is 9. The van der Waals surface area contributed by atoms with Crippen LogP contribution in [0.3, 0.4) is 0 Å². The number of nitrogens with one attached hydrogen (secondary N) is 5. The Morgan fingerprint density at radius 1 is 1.15 bits per heavy atom. The average Bonchev–Trinajstić information content (AvgIpc) is 3.63. The number of benzene rings is 1. The zero-order valence-electron chi connectivity index (χ0n) is 24.7. The van der Waals surface area contributed by atoms with E-state index in [0.29, 0.717) is 35.4 Å². The van der Waals surface area contributed by atoms with Gasteiger partial charge in [-0.2, -0.15) is 22.8 Å². The number of halogens is 4. The van der Waals surface area contributed by atoms with Crippen LogP contribution < -0.4 is 26.6 Å². The summed E-state index contributed by atoms with van der Waals surface area (Å²) in [6.07, 6.45) is -0.0360. The van der Waals surface area contributed by atoms with Crippen LogP contribution in [0.4, 0.5) is 39.7 Å². The van der Waals surface area contributed by atoms with Crippen LogP contribution in [0.15, 0.2) is 36.2 Å². The highest BCUT2D eigenvalue weighted by molar-refractivity contribution is 6.14. The van der Waals surface area contributed by atoms with Gasteiger partial charge in [0.2, 0.25) is 0 Å². The van der Waals surface area contributed by atoms with Gasteiger partial charge in [-0.05, 0) is 50.2 Å². The van der Waals surface area contributed by atoms with Crippen LogP contribution in [0.5, 0.6) is 0 Å². The molecule has 0 atom stereocenters. The summed E-state index contributed by atoms with van der Waals surface area (Å²) in [7, 11) is 0. The summed E-state index contributed by atoms with van der Waals surface area (Å²) in [5.74, 6) is -3.29. The lowest BCUT2D eigenvalue weighted by Crippen LogP contribution is -2.34. The first-order valence-electron chi connectivity index (χ1n) is 14.2. The number of amides is 4. The lowest BCUT2D eigenvalue weighted by Gasteiger charge is -2.18. The van der Waals surface area contributed by atoms with Crippen molar-refractivity contribution in [2.45, 2.75) is 38.9 Å². The number of carboxylic acids is 1. The topological polar surface area (TPSA) is 182 Å². The molecule has 46 heavy (non-hydrogen) atoms. The summed E-state index contributed by atoms with van der Waals surface area (Å²) in [6.45, 7) is 7.09. The highest BCUT2D eigenvalue weighted by atomic mass is 19.4. The normalized spacial score (nSPS) is 15.3. The maximum absolute atomic E-state index is 15.1. The number of likely N-dealkylation sites (N-methyl/N-ethyl adjacent to an activating group) is 1. The van der Waals surface area contributed by atoms with Gasteiger partial charge >= 0.3 is 18.2 Å². The fourth-order valence-electron chi connectivity index (χ4n) is 4.19. The maximum atomic E-state index is 15.1. The van der Waals surface area contributed by atoms with Crippen LogP contribution in [0.2, 0.25) is 0 Å². The fourth-order valence-corrected chi connectivity index (χ4v) is 4.19. The largest absolute Gasteiger partial charge is 0.490 e.